The van der Waals surface area contributed by atoms with Gasteiger partial charge in [-0.2, -0.15) is 0 Å². The molecule has 5 nitrogen and oxygen atoms in total. The summed E-state index contributed by atoms with van der Waals surface area (Å²) in [5.41, 5.74) is 1.44. The molecule has 2 saturated heterocycles. The van der Waals surface area contributed by atoms with E-state index in [0.717, 1.165) is 5.56 Å². The number of nitrogens with zero attached hydrogens (tertiary/aromatic N) is 1. The molecule has 2 aromatic rings. The SMILES string of the molecule is O=C(COC(=O)[C@H]1CS[C@@]2(c3ccccc3)CCC(=O)N12)c1ccc(Cl)cc1. The Kier molecular flexibility index (Phi) is 5.17. The summed E-state index contributed by atoms with van der Waals surface area (Å²) < 4.78 is 5.28. The Bertz CT molecular complexity index is 918. The fourth-order valence-electron chi connectivity index (χ4n) is 3.77. The fourth-order valence-corrected chi connectivity index (χ4v) is 5.53. The van der Waals surface area contributed by atoms with Crippen molar-refractivity contribution in [3.05, 3.63) is 70.7 Å². The Labute approximate surface area is 172 Å². The first kappa shape index (κ1) is 19.0. The summed E-state index contributed by atoms with van der Waals surface area (Å²) in [5.74, 6) is -0.449. The number of ether oxygens (including phenoxy) is 1. The van der Waals surface area contributed by atoms with E-state index in [-0.39, 0.29) is 18.3 Å². The first-order chi connectivity index (χ1) is 13.5. The molecule has 7 heteroatoms. The van der Waals surface area contributed by atoms with Gasteiger partial charge in [0.15, 0.2) is 12.4 Å². The Morgan fingerprint density at radius 2 is 1.86 bits per heavy atom. The number of thioether (sulfide) groups is 1. The Balaban J connectivity index is 1.47. The van der Waals surface area contributed by atoms with E-state index in [4.69, 9.17) is 16.3 Å². The third-order valence-corrected chi connectivity index (χ3v) is 6.98. The van der Waals surface area contributed by atoms with Crippen molar-refractivity contribution in [3.63, 3.8) is 0 Å². The number of fused-ring (bicyclic) bond motifs is 1. The molecule has 0 spiro atoms. The highest BCUT2D eigenvalue weighted by atomic mass is 35.5. The number of rotatable bonds is 5. The maximum atomic E-state index is 12.7. The largest absolute Gasteiger partial charge is 0.456 e. The minimum atomic E-state index is -0.682. The average molecular weight is 416 g/mol. The highest BCUT2D eigenvalue weighted by Gasteiger charge is 2.57. The van der Waals surface area contributed by atoms with E-state index in [1.54, 1.807) is 40.9 Å². The van der Waals surface area contributed by atoms with Gasteiger partial charge in [0.1, 0.15) is 10.9 Å². The van der Waals surface area contributed by atoms with Crippen LogP contribution in [0.3, 0.4) is 0 Å². The smallest absolute Gasteiger partial charge is 0.330 e. The third-order valence-electron chi connectivity index (χ3n) is 5.14. The van der Waals surface area contributed by atoms with Crippen molar-refractivity contribution >= 4 is 41.0 Å². The van der Waals surface area contributed by atoms with E-state index in [1.807, 2.05) is 30.3 Å². The highest BCUT2D eigenvalue weighted by Crippen LogP contribution is 2.54. The average Bonchev–Trinajstić information content (AvgIpc) is 3.26. The van der Waals surface area contributed by atoms with Gasteiger partial charge < -0.3 is 9.64 Å². The monoisotopic (exact) mass is 415 g/mol. The second kappa shape index (κ2) is 7.60. The quantitative estimate of drug-likeness (QED) is 0.551. The van der Waals surface area contributed by atoms with Crippen LogP contribution in [0, 0.1) is 0 Å². The minimum absolute atomic E-state index is 0.0557. The van der Waals surface area contributed by atoms with Crippen LogP contribution < -0.4 is 0 Å². The number of benzene rings is 2. The molecule has 2 aromatic carbocycles. The molecule has 0 aromatic heterocycles. The molecule has 0 saturated carbocycles. The van der Waals surface area contributed by atoms with Gasteiger partial charge in [-0.15, -0.1) is 11.8 Å². The van der Waals surface area contributed by atoms with Gasteiger partial charge in [-0.1, -0.05) is 41.9 Å². The molecule has 0 unspecified atom stereocenters. The second-order valence-electron chi connectivity index (χ2n) is 6.78. The minimum Gasteiger partial charge on any atom is -0.456 e. The van der Waals surface area contributed by atoms with Crippen molar-refractivity contribution in [1.82, 2.24) is 4.90 Å². The Morgan fingerprint density at radius 1 is 1.14 bits per heavy atom. The number of ketones is 1. The number of carbonyl (C=O) groups excluding carboxylic acids is 3. The number of carbonyl (C=O) groups is 3. The number of esters is 1. The summed E-state index contributed by atoms with van der Waals surface area (Å²) in [6, 6.07) is 15.5. The molecule has 2 fully saturated rings. The zero-order chi connectivity index (χ0) is 19.7. The van der Waals surface area contributed by atoms with Crippen molar-refractivity contribution in [2.45, 2.75) is 23.8 Å². The normalized spacial score (nSPS) is 23.5. The molecule has 2 aliphatic heterocycles. The lowest BCUT2D eigenvalue weighted by molar-refractivity contribution is -0.152. The molecule has 4 rings (SSSR count). The van der Waals surface area contributed by atoms with Gasteiger partial charge in [0.05, 0.1) is 0 Å². The van der Waals surface area contributed by atoms with Crippen molar-refractivity contribution < 1.29 is 19.1 Å². The van der Waals surface area contributed by atoms with E-state index >= 15 is 0 Å². The van der Waals surface area contributed by atoms with Crippen molar-refractivity contribution in [1.29, 1.82) is 0 Å². The molecular weight excluding hydrogens is 398 g/mol. The van der Waals surface area contributed by atoms with Crippen molar-refractivity contribution in [3.8, 4) is 0 Å². The van der Waals surface area contributed by atoms with Gasteiger partial charge in [-0.05, 0) is 36.2 Å². The number of amides is 1. The van der Waals surface area contributed by atoms with Gasteiger partial charge in [-0.3, -0.25) is 9.59 Å². The second-order valence-corrected chi connectivity index (χ2v) is 8.51. The van der Waals surface area contributed by atoms with E-state index < -0.39 is 16.9 Å². The molecule has 0 bridgehead atoms. The third kappa shape index (κ3) is 3.31. The summed E-state index contributed by atoms with van der Waals surface area (Å²) in [6.07, 6.45) is 1.06. The molecule has 2 heterocycles. The van der Waals surface area contributed by atoms with Crippen LogP contribution in [0.2, 0.25) is 5.02 Å². The number of halogens is 1. The lowest BCUT2D eigenvalue weighted by Gasteiger charge is -2.33. The molecule has 2 aliphatic rings. The van der Waals surface area contributed by atoms with E-state index in [0.29, 0.717) is 29.2 Å². The van der Waals surface area contributed by atoms with Gasteiger partial charge in [0.2, 0.25) is 5.91 Å². The summed E-state index contributed by atoms with van der Waals surface area (Å²) in [5, 5.41) is 0.529. The maximum absolute atomic E-state index is 12.7. The summed E-state index contributed by atoms with van der Waals surface area (Å²) in [7, 11) is 0. The lowest BCUT2D eigenvalue weighted by Crippen LogP contribution is -2.47. The fraction of sp³-hybridized carbons (Fsp3) is 0.286. The molecule has 0 N–H and O–H groups in total. The molecule has 2 atom stereocenters. The molecule has 0 aliphatic carbocycles. The van der Waals surface area contributed by atoms with Gasteiger partial charge in [0.25, 0.3) is 0 Å². The standard InChI is InChI=1S/C21H18ClNO4S/c22-16-8-6-14(7-9-16)18(24)12-27-20(26)17-13-28-21(11-10-19(25)23(17)21)15-4-2-1-3-5-15/h1-9,17H,10-13H2/t17-,21-/m1/s1. The van der Waals surface area contributed by atoms with Gasteiger partial charge in [0, 0.05) is 22.8 Å². The number of hydrogen-bond acceptors (Lipinski definition) is 5. The van der Waals surface area contributed by atoms with E-state index in [2.05, 4.69) is 0 Å². The van der Waals surface area contributed by atoms with Crippen LogP contribution in [0.25, 0.3) is 0 Å². The molecular formula is C21H18ClNO4S. The Hall–Kier alpha value is -2.31. The van der Waals surface area contributed by atoms with Gasteiger partial charge >= 0.3 is 5.97 Å². The first-order valence-corrected chi connectivity index (χ1v) is 10.3. The Morgan fingerprint density at radius 3 is 2.57 bits per heavy atom. The number of hydrogen-bond donors (Lipinski definition) is 0. The van der Waals surface area contributed by atoms with Crippen LogP contribution in [0.4, 0.5) is 0 Å². The maximum Gasteiger partial charge on any atom is 0.330 e. The van der Waals surface area contributed by atoms with Crippen LogP contribution in [0.5, 0.6) is 0 Å². The summed E-state index contributed by atoms with van der Waals surface area (Å²) in [4.78, 5) is 38.6. The van der Waals surface area contributed by atoms with Crippen LogP contribution in [0.15, 0.2) is 54.6 Å². The molecule has 1 amide bonds. The summed E-state index contributed by atoms with van der Waals surface area (Å²) >= 11 is 7.41. The lowest BCUT2D eigenvalue weighted by atomic mass is 10.0. The van der Waals surface area contributed by atoms with Crippen molar-refractivity contribution in [2.75, 3.05) is 12.4 Å². The van der Waals surface area contributed by atoms with Crippen LogP contribution in [-0.2, 0) is 19.2 Å². The molecule has 144 valence electrons. The van der Waals surface area contributed by atoms with Crippen molar-refractivity contribution in [2.24, 2.45) is 0 Å². The molecule has 0 radical (unpaired) electrons. The topological polar surface area (TPSA) is 63.7 Å². The zero-order valence-corrected chi connectivity index (χ0v) is 16.5. The van der Waals surface area contributed by atoms with Crippen LogP contribution >= 0.6 is 23.4 Å². The first-order valence-electron chi connectivity index (χ1n) is 8.98. The van der Waals surface area contributed by atoms with Gasteiger partial charge in [-0.25, -0.2) is 4.79 Å². The van der Waals surface area contributed by atoms with Crippen LogP contribution in [-0.4, -0.2) is 41.0 Å². The number of Topliss-reactive ketones (excluding diaryl/α,β-unsaturated/α-hetero) is 1. The highest BCUT2D eigenvalue weighted by molar-refractivity contribution is 8.00. The van der Waals surface area contributed by atoms with E-state index in [9.17, 15) is 14.4 Å². The summed E-state index contributed by atoms with van der Waals surface area (Å²) in [6.45, 7) is -0.359. The predicted octanol–water partition coefficient (Wildman–Crippen LogP) is 3.66. The predicted molar refractivity (Wildman–Crippen MR) is 107 cm³/mol. The van der Waals surface area contributed by atoms with E-state index in [1.165, 1.54) is 0 Å². The zero-order valence-electron chi connectivity index (χ0n) is 15.0. The molecule has 28 heavy (non-hydrogen) atoms. The van der Waals surface area contributed by atoms with Crippen LogP contribution in [0.1, 0.15) is 28.8 Å².